The second kappa shape index (κ2) is 3.04. The van der Waals surface area contributed by atoms with Crippen LogP contribution in [0.3, 0.4) is 0 Å². The first-order valence-corrected chi connectivity index (χ1v) is 5.16. The van der Waals surface area contributed by atoms with E-state index in [0.717, 1.165) is 18.4 Å². The van der Waals surface area contributed by atoms with Crippen LogP contribution in [0.2, 0.25) is 0 Å². The van der Waals surface area contributed by atoms with Crippen molar-refractivity contribution in [3.05, 3.63) is 24.2 Å². The van der Waals surface area contributed by atoms with Gasteiger partial charge in [-0.2, -0.15) is 0 Å². The number of fused-ring (bicyclic) bond motifs is 1. The van der Waals surface area contributed by atoms with Crippen molar-refractivity contribution in [3.8, 4) is 0 Å². The molecule has 1 fully saturated rings. The van der Waals surface area contributed by atoms with Crippen molar-refractivity contribution < 1.29 is 9.53 Å². The van der Waals surface area contributed by atoms with Crippen LogP contribution in [0.4, 0.5) is 0 Å². The van der Waals surface area contributed by atoms with Crippen molar-refractivity contribution in [1.82, 2.24) is 15.0 Å². The fourth-order valence-electron chi connectivity index (χ4n) is 1.93. The van der Waals surface area contributed by atoms with Gasteiger partial charge in [0.1, 0.15) is 11.2 Å². The third kappa shape index (κ3) is 1.14. The summed E-state index contributed by atoms with van der Waals surface area (Å²) in [5.74, 6) is 0.458. The smallest absolute Gasteiger partial charge is 0.319 e. The predicted octanol–water partition coefficient (Wildman–Crippen LogP) is 1.16. The number of carbonyl (C=O) groups excluding carboxylic acids is 1. The molecule has 1 N–H and O–H groups in total. The molecule has 5 nitrogen and oxygen atoms in total. The number of hydrogen-bond acceptors (Lipinski definition) is 4. The molecule has 16 heavy (non-hydrogen) atoms. The summed E-state index contributed by atoms with van der Waals surface area (Å²) in [7, 11) is 1.41. The summed E-state index contributed by atoms with van der Waals surface area (Å²) in [5.41, 5.74) is 0.954. The van der Waals surface area contributed by atoms with Gasteiger partial charge in [0.25, 0.3) is 0 Å². The third-order valence-electron chi connectivity index (χ3n) is 3.04. The molecule has 1 saturated carbocycles. The number of aromatic nitrogens is 3. The Balaban J connectivity index is 2.10. The molecule has 0 spiro atoms. The number of hydrogen-bond donors (Lipinski definition) is 1. The quantitative estimate of drug-likeness (QED) is 0.766. The highest BCUT2D eigenvalue weighted by Gasteiger charge is 2.55. The molecule has 0 saturated heterocycles. The molecule has 0 atom stereocenters. The molecule has 0 bridgehead atoms. The van der Waals surface area contributed by atoms with E-state index < -0.39 is 5.41 Å². The first-order valence-electron chi connectivity index (χ1n) is 5.16. The number of imidazole rings is 1. The number of carbonyl (C=O) groups is 1. The van der Waals surface area contributed by atoms with Crippen molar-refractivity contribution >= 4 is 17.1 Å². The summed E-state index contributed by atoms with van der Waals surface area (Å²) in [4.78, 5) is 23.3. The standard InChI is InChI=1S/C11H11N3O2/c1-16-10(15)11(4-5-11)9-13-7-3-2-6-12-8(7)14-9/h2-3,6H,4-5H2,1H3,(H,12,13,14). The maximum atomic E-state index is 11.7. The normalized spacial score (nSPS) is 17.3. The summed E-state index contributed by atoms with van der Waals surface area (Å²) >= 11 is 0. The number of methoxy groups -OCH3 is 1. The van der Waals surface area contributed by atoms with Crippen LogP contribution in [0, 0.1) is 0 Å². The first kappa shape index (κ1) is 9.33. The van der Waals surface area contributed by atoms with E-state index in [1.165, 1.54) is 7.11 Å². The zero-order valence-electron chi connectivity index (χ0n) is 8.86. The molecule has 2 aromatic heterocycles. The van der Waals surface area contributed by atoms with E-state index in [2.05, 4.69) is 15.0 Å². The Bertz CT molecular complexity index is 524. The summed E-state index contributed by atoms with van der Waals surface area (Å²) in [6.45, 7) is 0. The average Bonchev–Trinajstić information content (AvgIpc) is 3.01. The highest BCUT2D eigenvalue weighted by Crippen LogP contribution is 2.48. The molecule has 0 unspecified atom stereocenters. The van der Waals surface area contributed by atoms with Crippen molar-refractivity contribution in [1.29, 1.82) is 0 Å². The maximum Gasteiger partial charge on any atom is 0.319 e. The fourth-order valence-corrected chi connectivity index (χ4v) is 1.93. The van der Waals surface area contributed by atoms with Crippen molar-refractivity contribution in [3.63, 3.8) is 0 Å². The first-order chi connectivity index (χ1) is 7.76. The number of pyridine rings is 1. The van der Waals surface area contributed by atoms with Crippen LogP contribution in [0.5, 0.6) is 0 Å². The molecule has 0 aliphatic heterocycles. The van der Waals surface area contributed by atoms with Crippen molar-refractivity contribution in [2.45, 2.75) is 18.3 Å². The van der Waals surface area contributed by atoms with Gasteiger partial charge >= 0.3 is 5.97 Å². The summed E-state index contributed by atoms with van der Waals surface area (Å²) in [5, 5.41) is 0. The minimum absolute atomic E-state index is 0.216. The molecular formula is C11H11N3O2. The van der Waals surface area contributed by atoms with Crippen LogP contribution >= 0.6 is 0 Å². The van der Waals surface area contributed by atoms with Gasteiger partial charge in [0.2, 0.25) is 0 Å². The highest BCUT2D eigenvalue weighted by atomic mass is 16.5. The Labute approximate surface area is 91.9 Å². The van der Waals surface area contributed by atoms with Crippen LogP contribution in [0.15, 0.2) is 18.3 Å². The van der Waals surface area contributed by atoms with E-state index in [1.807, 2.05) is 12.1 Å². The molecule has 2 aromatic rings. The van der Waals surface area contributed by atoms with E-state index >= 15 is 0 Å². The SMILES string of the molecule is COC(=O)C1(c2nc3ncccc3[nH]2)CC1. The van der Waals surface area contributed by atoms with Crippen LogP contribution in [-0.2, 0) is 14.9 Å². The molecular weight excluding hydrogens is 206 g/mol. The second-order valence-corrected chi connectivity index (χ2v) is 4.03. The monoisotopic (exact) mass is 217 g/mol. The number of rotatable bonds is 2. The van der Waals surface area contributed by atoms with E-state index in [9.17, 15) is 4.79 Å². The third-order valence-corrected chi connectivity index (χ3v) is 3.04. The summed E-state index contributed by atoms with van der Waals surface area (Å²) < 4.78 is 4.81. The Morgan fingerprint density at radius 1 is 1.56 bits per heavy atom. The number of aromatic amines is 1. The second-order valence-electron chi connectivity index (χ2n) is 4.03. The van der Waals surface area contributed by atoms with E-state index in [1.54, 1.807) is 6.20 Å². The Kier molecular flexibility index (Phi) is 1.77. The molecule has 5 heteroatoms. The zero-order valence-corrected chi connectivity index (χ0v) is 8.86. The molecule has 3 rings (SSSR count). The molecule has 82 valence electrons. The minimum atomic E-state index is -0.546. The van der Waals surface area contributed by atoms with Crippen molar-refractivity contribution in [2.75, 3.05) is 7.11 Å². The highest BCUT2D eigenvalue weighted by molar-refractivity contribution is 5.86. The van der Waals surface area contributed by atoms with Gasteiger partial charge in [0.05, 0.1) is 12.6 Å². The topological polar surface area (TPSA) is 67.9 Å². The van der Waals surface area contributed by atoms with Crippen LogP contribution in [0.1, 0.15) is 18.7 Å². The lowest BCUT2D eigenvalue weighted by atomic mass is 10.1. The number of nitrogens with one attached hydrogen (secondary N) is 1. The lowest BCUT2D eigenvalue weighted by molar-refractivity contribution is -0.143. The van der Waals surface area contributed by atoms with E-state index in [4.69, 9.17) is 4.74 Å². The van der Waals surface area contributed by atoms with Crippen LogP contribution in [-0.4, -0.2) is 28.0 Å². The molecule has 0 aromatic carbocycles. The lowest BCUT2D eigenvalue weighted by Crippen LogP contribution is -2.23. The molecule has 0 amide bonds. The van der Waals surface area contributed by atoms with Crippen LogP contribution in [0.25, 0.3) is 11.2 Å². The average molecular weight is 217 g/mol. The number of ether oxygens (including phenoxy) is 1. The van der Waals surface area contributed by atoms with Gasteiger partial charge in [-0.3, -0.25) is 4.79 Å². The van der Waals surface area contributed by atoms with Gasteiger partial charge in [-0.25, -0.2) is 9.97 Å². The number of nitrogens with zero attached hydrogens (tertiary/aromatic N) is 2. The molecule has 1 aliphatic rings. The van der Waals surface area contributed by atoms with Gasteiger partial charge in [0.15, 0.2) is 5.65 Å². The molecule has 0 radical (unpaired) electrons. The zero-order chi connectivity index (χ0) is 11.2. The molecule has 2 heterocycles. The predicted molar refractivity (Wildman–Crippen MR) is 56.8 cm³/mol. The van der Waals surface area contributed by atoms with Gasteiger partial charge < -0.3 is 9.72 Å². The minimum Gasteiger partial charge on any atom is -0.468 e. The van der Waals surface area contributed by atoms with Gasteiger partial charge in [-0.1, -0.05) is 0 Å². The lowest BCUT2D eigenvalue weighted by Gasteiger charge is -2.08. The largest absolute Gasteiger partial charge is 0.468 e. The summed E-state index contributed by atoms with van der Waals surface area (Å²) in [6, 6.07) is 3.73. The Morgan fingerprint density at radius 3 is 3.00 bits per heavy atom. The van der Waals surface area contributed by atoms with Crippen LogP contribution < -0.4 is 0 Å². The Hall–Kier alpha value is -1.91. The fraction of sp³-hybridized carbons (Fsp3) is 0.364. The maximum absolute atomic E-state index is 11.7. The number of H-pyrrole nitrogens is 1. The van der Waals surface area contributed by atoms with Crippen molar-refractivity contribution in [2.24, 2.45) is 0 Å². The van der Waals surface area contributed by atoms with Gasteiger partial charge in [0, 0.05) is 6.20 Å². The van der Waals surface area contributed by atoms with E-state index in [-0.39, 0.29) is 5.97 Å². The van der Waals surface area contributed by atoms with Gasteiger partial charge in [-0.05, 0) is 25.0 Å². The molecule has 1 aliphatic carbocycles. The summed E-state index contributed by atoms with van der Waals surface area (Å²) in [6.07, 6.45) is 3.27. The number of esters is 1. The van der Waals surface area contributed by atoms with Gasteiger partial charge in [-0.15, -0.1) is 0 Å². The Morgan fingerprint density at radius 2 is 2.38 bits per heavy atom. The van der Waals surface area contributed by atoms with E-state index in [0.29, 0.717) is 11.5 Å².